The van der Waals surface area contributed by atoms with Gasteiger partial charge in [0.15, 0.2) is 0 Å². The Morgan fingerprint density at radius 3 is 2.80 bits per heavy atom. The molecule has 110 valence electrons. The SMILES string of the molecule is O=C(NC1(CO)CCOCC1)c1cccn1C1CCC1. The van der Waals surface area contributed by atoms with E-state index in [2.05, 4.69) is 9.88 Å². The Morgan fingerprint density at radius 2 is 2.20 bits per heavy atom. The highest BCUT2D eigenvalue weighted by atomic mass is 16.5. The summed E-state index contributed by atoms with van der Waals surface area (Å²) in [6.45, 7) is 1.14. The molecule has 1 aromatic rings. The average molecular weight is 278 g/mol. The van der Waals surface area contributed by atoms with Gasteiger partial charge in [-0.3, -0.25) is 4.79 Å². The van der Waals surface area contributed by atoms with Gasteiger partial charge >= 0.3 is 0 Å². The highest BCUT2D eigenvalue weighted by molar-refractivity contribution is 5.93. The molecule has 0 radical (unpaired) electrons. The number of carbonyl (C=O) groups is 1. The summed E-state index contributed by atoms with van der Waals surface area (Å²) in [7, 11) is 0. The van der Waals surface area contributed by atoms with Crippen LogP contribution in [-0.2, 0) is 4.74 Å². The van der Waals surface area contributed by atoms with Crippen molar-refractivity contribution in [1.29, 1.82) is 0 Å². The molecule has 0 unspecified atom stereocenters. The molecule has 2 aliphatic rings. The molecule has 2 heterocycles. The van der Waals surface area contributed by atoms with Crippen LogP contribution in [0.1, 0.15) is 48.6 Å². The Balaban J connectivity index is 1.73. The third kappa shape index (κ3) is 2.47. The average Bonchev–Trinajstić information content (AvgIpc) is 2.87. The molecule has 1 aromatic heterocycles. The van der Waals surface area contributed by atoms with Crippen LogP contribution < -0.4 is 5.32 Å². The van der Waals surface area contributed by atoms with Gasteiger partial charge in [-0.25, -0.2) is 0 Å². The number of amides is 1. The highest BCUT2D eigenvalue weighted by Crippen LogP contribution is 2.33. The van der Waals surface area contributed by atoms with E-state index in [0.717, 1.165) is 12.8 Å². The van der Waals surface area contributed by atoms with Crippen LogP contribution in [0.25, 0.3) is 0 Å². The lowest BCUT2D eigenvalue weighted by atomic mass is 9.90. The molecule has 2 N–H and O–H groups in total. The summed E-state index contributed by atoms with van der Waals surface area (Å²) in [4.78, 5) is 12.5. The molecule has 3 rings (SSSR count). The van der Waals surface area contributed by atoms with E-state index < -0.39 is 5.54 Å². The summed E-state index contributed by atoms with van der Waals surface area (Å²) in [6, 6.07) is 4.24. The van der Waals surface area contributed by atoms with E-state index in [1.807, 2.05) is 18.3 Å². The van der Waals surface area contributed by atoms with Crippen LogP contribution in [0.3, 0.4) is 0 Å². The Hall–Kier alpha value is -1.33. The molecule has 1 saturated heterocycles. The molecule has 0 atom stereocenters. The third-order valence-corrected chi connectivity index (χ3v) is 4.61. The summed E-state index contributed by atoms with van der Waals surface area (Å²) < 4.78 is 7.39. The van der Waals surface area contributed by atoms with Crippen molar-refractivity contribution < 1.29 is 14.6 Å². The number of aliphatic hydroxyl groups excluding tert-OH is 1. The van der Waals surface area contributed by atoms with E-state index in [1.54, 1.807) is 0 Å². The highest BCUT2D eigenvalue weighted by Gasteiger charge is 2.34. The van der Waals surface area contributed by atoms with E-state index in [4.69, 9.17) is 4.74 Å². The standard InChI is InChI=1S/C15H22N2O3/c18-11-15(6-9-20-10-7-15)16-14(19)13-5-2-8-17(13)12-3-1-4-12/h2,5,8,12,18H,1,3-4,6-7,9-11H2,(H,16,19). The van der Waals surface area contributed by atoms with Crippen molar-refractivity contribution in [2.24, 2.45) is 0 Å². The van der Waals surface area contributed by atoms with Crippen molar-refractivity contribution in [3.05, 3.63) is 24.0 Å². The fourth-order valence-corrected chi connectivity index (χ4v) is 2.96. The van der Waals surface area contributed by atoms with Crippen LogP contribution in [0.15, 0.2) is 18.3 Å². The predicted molar refractivity (Wildman–Crippen MR) is 74.7 cm³/mol. The fourth-order valence-electron chi connectivity index (χ4n) is 2.96. The maximum Gasteiger partial charge on any atom is 0.268 e. The van der Waals surface area contributed by atoms with E-state index in [9.17, 15) is 9.90 Å². The number of aliphatic hydroxyl groups is 1. The van der Waals surface area contributed by atoms with Crippen LogP contribution in [0.4, 0.5) is 0 Å². The van der Waals surface area contributed by atoms with Crippen molar-refractivity contribution in [3.8, 4) is 0 Å². The van der Waals surface area contributed by atoms with Gasteiger partial charge in [-0.05, 0) is 44.2 Å². The molecule has 1 aliphatic heterocycles. The zero-order valence-electron chi connectivity index (χ0n) is 11.7. The summed E-state index contributed by atoms with van der Waals surface area (Å²) in [6.07, 6.45) is 6.84. The van der Waals surface area contributed by atoms with Crippen LogP contribution in [0.5, 0.6) is 0 Å². The first-order valence-corrected chi connectivity index (χ1v) is 7.42. The molecule has 2 fully saturated rings. The van der Waals surface area contributed by atoms with Crippen molar-refractivity contribution in [2.45, 2.75) is 43.7 Å². The van der Waals surface area contributed by atoms with Gasteiger partial charge in [-0.2, -0.15) is 0 Å². The van der Waals surface area contributed by atoms with Crippen LogP contribution in [0.2, 0.25) is 0 Å². The van der Waals surface area contributed by atoms with Gasteiger partial charge in [-0.1, -0.05) is 0 Å². The van der Waals surface area contributed by atoms with Crippen molar-refractivity contribution in [1.82, 2.24) is 9.88 Å². The number of rotatable bonds is 4. The van der Waals surface area contributed by atoms with E-state index in [-0.39, 0.29) is 12.5 Å². The molecular formula is C15H22N2O3. The van der Waals surface area contributed by atoms with Gasteiger partial charge in [0.05, 0.1) is 12.1 Å². The lowest BCUT2D eigenvalue weighted by Gasteiger charge is -2.37. The van der Waals surface area contributed by atoms with E-state index in [1.165, 1.54) is 6.42 Å². The van der Waals surface area contributed by atoms with Gasteiger partial charge < -0.3 is 19.7 Å². The van der Waals surface area contributed by atoms with Crippen molar-refractivity contribution in [2.75, 3.05) is 19.8 Å². The summed E-state index contributed by atoms with van der Waals surface area (Å²) >= 11 is 0. The first kappa shape index (κ1) is 13.6. The topological polar surface area (TPSA) is 63.5 Å². The molecule has 20 heavy (non-hydrogen) atoms. The summed E-state index contributed by atoms with van der Waals surface area (Å²) in [5.74, 6) is -0.0853. The fraction of sp³-hybridized carbons (Fsp3) is 0.667. The normalized spacial score (nSPS) is 22.2. The van der Waals surface area contributed by atoms with Crippen molar-refractivity contribution >= 4 is 5.91 Å². The van der Waals surface area contributed by atoms with Crippen LogP contribution in [0, 0.1) is 0 Å². The second-order valence-electron chi connectivity index (χ2n) is 5.89. The predicted octanol–water partition coefficient (Wildman–Crippen LogP) is 1.48. The number of aromatic nitrogens is 1. The minimum absolute atomic E-state index is 0.0355. The van der Waals surface area contributed by atoms with Gasteiger partial charge in [0.2, 0.25) is 0 Å². The Kier molecular flexibility index (Phi) is 3.81. The molecule has 1 aliphatic carbocycles. The zero-order chi connectivity index (χ0) is 14.0. The van der Waals surface area contributed by atoms with Gasteiger partial charge in [0.1, 0.15) is 5.69 Å². The second-order valence-corrected chi connectivity index (χ2v) is 5.89. The first-order valence-electron chi connectivity index (χ1n) is 7.42. The number of ether oxygens (including phenoxy) is 1. The molecule has 0 bridgehead atoms. The van der Waals surface area contributed by atoms with Gasteiger partial charge in [0.25, 0.3) is 5.91 Å². The number of hydrogen-bond acceptors (Lipinski definition) is 3. The quantitative estimate of drug-likeness (QED) is 0.877. The van der Waals surface area contributed by atoms with Crippen molar-refractivity contribution in [3.63, 3.8) is 0 Å². The third-order valence-electron chi connectivity index (χ3n) is 4.61. The summed E-state index contributed by atoms with van der Waals surface area (Å²) in [5, 5.41) is 12.7. The molecule has 1 saturated carbocycles. The number of nitrogens with zero attached hydrogens (tertiary/aromatic N) is 1. The Bertz CT molecular complexity index is 473. The van der Waals surface area contributed by atoms with Gasteiger partial charge in [-0.15, -0.1) is 0 Å². The maximum absolute atomic E-state index is 12.5. The largest absolute Gasteiger partial charge is 0.394 e. The van der Waals surface area contributed by atoms with E-state index >= 15 is 0 Å². The zero-order valence-corrected chi connectivity index (χ0v) is 11.7. The molecular weight excluding hydrogens is 256 g/mol. The number of hydrogen-bond donors (Lipinski definition) is 2. The Labute approximate surface area is 118 Å². The van der Waals surface area contributed by atoms with Crippen LogP contribution >= 0.6 is 0 Å². The smallest absolute Gasteiger partial charge is 0.268 e. The Morgan fingerprint density at radius 1 is 1.45 bits per heavy atom. The van der Waals surface area contributed by atoms with E-state index in [0.29, 0.717) is 37.8 Å². The molecule has 0 spiro atoms. The lowest BCUT2D eigenvalue weighted by Crippen LogP contribution is -2.55. The number of carbonyl (C=O) groups excluding carboxylic acids is 1. The minimum atomic E-state index is -0.524. The maximum atomic E-state index is 12.5. The number of nitrogens with one attached hydrogen (secondary N) is 1. The minimum Gasteiger partial charge on any atom is -0.394 e. The van der Waals surface area contributed by atoms with Gasteiger partial charge in [0, 0.05) is 25.5 Å². The van der Waals surface area contributed by atoms with Crippen LogP contribution in [-0.4, -0.2) is 40.9 Å². The second kappa shape index (κ2) is 5.58. The lowest BCUT2D eigenvalue weighted by molar-refractivity contribution is 0.0122. The molecule has 5 nitrogen and oxygen atoms in total. The first-order chi connectivity index (χ1) is 9.74. The molecule has 5 heteroatoms. The monoisotopic (exact) mass is 278 g/mol. The summed E-state index contributed by atoms with van der Waals surface area (Å²) in [5.41, 5.74) is 0.179. The molecule has 1 amide bonds. The molecule has 0 aromatic carbocycles.